The minimum Gasteiger partial charge on any atom is -0.486 e. The summed E-state index contributed by atoms with van der Waals surface area (Å²) in [6, 6.07) is 13.5. The highest BCUT2D eigenvalue weighted by molar-refractivity contribution is 7.16. The van der Waals surface area contributed by atoms with Crippen molar-refractivity contribution in [1.29, 1.82) is 0 Å². The van der Waals surface area contributed by atoms with Crippen molar-refractivity contribution >= 4 is 27.5 Å². The first-order chi connectivity index (χ1) is 15.1. The molecule has 0 aliphatic carbocycles. The number of benzene rings is 2. The number of aryl methyl sites for hydroxylation is 2. The average Bonchev–Trinajstić information content (AvgIpc) is 3.38. The summed E-state index contributed by atoms with van der Waals surface area (Å²) in [6.45, 7) is 3.93. The van der Waals surface area contributed by atoms with Crippen LogP contribution < -0.4 is 9.47 Å². The maximum Gasteiger partial charge on any atom is 0.254 e. The van der Waals surface area contributed by atoms with E-state index in [2.05, 4.69) is 10.1 Å². The smallest absolute Gasteiger partial charge is 0.254 e. The number of nitrogens with zero attached hydrogens (tertiary/aromatic N) is 4. The van der Waals surface area contributed by atoms with Crippen LogP contribution in [0.5, 0.6) is 11.5 Å². The van der Waals surface area contributed by atoms with Gasteiger partial charge in [0.2, 0.25) is 0 Å². The number of amides is 1. The maximum absolute atomic E-state index is 13.5. The third-order valence-electron chi connectivity index (χ3n) is 5.36. The van der Waals surface area contributed by atoms with E-state index in [-0.39, 0.29) is 5.91 Å². The number of carbonyl (C=O) groups excluding carboxylic acids is 1. The molecule has 31 heavy (non-hydrogen) atoms. The first-order valence-corrected chi connectivity index (χ1v) is 11.0. The second kappa shape index (κ2) is 8.03. The van der Waals surface area contributed by atoms with Crippen molar-refractivity contribution in [3.8, 4) is 11.5 Å². The molecule has 0 fully saturated rings. The Morgan fingerprint density at radius 1 is 1.10 bits per heavy atom. The van der Waals surface area contributed by atoms with Gasteiger partial charge >= 0.3 is 0 Å². The van der Waals surface area contributed by atoms with Crippen LogP contribution in [-0.2, 0) is 20.1 Å². The largest absolute Gasteiger partial charge is 0.486 e. The van der Waals surface area contributed by atoms with Crippen molar-refractivity contribution in [1.82, 2.24) is 19.7 Å². The van der Waals surface area contributed by atoms with E-state index in [9.17, 15) is 4.79 Å². The van der Waals surface area contributed by atoms with Crippen LogP contribution in [0.3, 0.4) is 0 Å². The lowest BCUT2D eigenvalue weighted by atomic mass is 10.1. The van der Waals surface area contributed by atoms with Gasteiger partial charge in [-0.25, -0.2) is 4.98 Å². The van der Waals surface area contributed by atoms with Crippen molar-refractivity contribution < 1.29 is 14.3 Å². The van der Waals surface area contributed by atoms with Gasteiger partial charge in [-0.15, -0.1) is 11.3 Å². The molecule has 0 N–H and O–H groups in total. The van der Waals surface area contributed by atoms with Crippen LogP contribution in [0.4, 0.5) is 0 Å². The first-order valence-electron chi connectivity index (χ1n) is 10.1. The molecule has 8 heteroatoms. The Morgan fingerprint density at radius 2 is 1.94 bits per heavy atom. The Hall–Kier alpha value is -3.39. The zero-order valence-electron chi connectivity index (χ0n) is 17.4. The topological polar surface area (TPSA) is 69.5 Å². The number of thiazole rings is 1. The number of aromatic nitrogens is 3. The molecule has 5 rings (SSSR count). The maximum atomic E-state index is 13.5. The van der Waals surface area contributed by atoms with E-state index >= 15 is 0 Å². The van der Waals surface area contributed by atoms with Crippen molar-refractivity contribution in [3.05, 3.63) is 70.5 Å². The highest BCUT2D eigenvalue weighted by atomic mass is 32.1. The lowest BCUT2D eigenvalue weighted by Crippen LogP contribution is -2.30. The van der Waals surface area contributed by atoms with E-state index in [1.54, 1.807) is 5.51 Å². The van der Waals surface area contributed by atoms with Gasteiger partial charge in [-0.1, -0.05) is 6.07 Å². The lowest BCUT2D eigenvalue weighted by Gasteiger charge is -2.24. The summed E-state index contributed by atoms with van der Waals surface area (Å²) in [5, 5.41) is 4.55. The lowest BCUT2D eigenvalue weighted by molar-refractivity contribution is 0.0727. The van der Waals surface area contributed by atoms with E-state index in [1.807, 2.05) is 66.0 Å². The zero-order chi connectivity index (χ0) is 21.4. The summed E-state index contributed by atoms with van der Waals surface area (Å²) in [6.07, 6.45) is 0. The second-order valence-corrected chi connectivity index (χ2v) is 8.46. The molecule has 2 aromatic heterocycles. The van der Waals surface area contributed by atoms with Gasteiger partial charge in [-0.2, -0.15) is 5.10 Å². The number of ether oxygens (including phenoxy) is 2. The third-order valence-corrected chi connectivity index (χ3v) is 6.15. The fourth-order valence-electron chi connectivity index (χ4n) is 3.68. The van der Waals surface area contributed by atoms with Gasteiger partial charge < -0.3 is 14.4 Å². The molecule has 1 amide bonds. The molecule has 3 heterocycles. The summed E-state index contributed by atoms with van der Waals surface area (Å²) >= 11 is 1.53. The van der Waals surface area contributed by atoms with Crippen molar-refractivity contribution in [3.63, 3.8) is 0 Å². The molecule has 0 unspecified atom stereocenters. The molecule has 0 bridgehead atoms. The minimum atomic E-state index is -0.0477. The molecule has 0 atom stereocenters. The third kappa shape index (κ3) is 3.98. The van der Waals surface area contributed by atoms with Crippen LogP contribution in [0.15, 0.2) is 48.0 Å². The summed E-state index contributed by atoms with van der Waals surface area (Å²) in [4.78, 5) is 19.6. The Kier molecular flexibility index (Phi) is 5.07. The number of rotatable bonds is 5. The normalized spacial score (nSPS) is 12.8. The first kappa shape index (κ1) is 19.6. The monoisotopic (exact) mass is 434 g/mol. The van der Waals surface area contributed by atoms with Gasteiger partial charge in [-0.05, 0) is 48.9 Å². The molecule has 2 aromatic carbocycles. The van der Waals surface area contributed by atoms with E-state index in [4.69, 9.17) is 9.47 Å². The molecule has 0 saturated carbocycles. The molecule has 158 valence electrons. The Labute approximate surface area is 183 Å². The molecule has 7 nitrogen and oxygen atoms in total. The number of hydrogen-bond acceptors (Lipinski definition) is 6. The molecule has 0 saturated heterocycles. The highest BCUT2D eigenvalue weighted by Crippen LogP contribution is 2.31. The fraction of sp³-hybridized carbons (Fsp3) is 0.261. The number of carbonyl (C=O) groups is 1. The molecular formula is C23H22N4O3S. The molecular weight excluding hydrogens is 412 g/mol. The standard InChI is InChI=1S/C23H22N4O3S/c1-15-9-18(25-26(15)2)13-27(12-16-3-6-20-21(10-16)30-8-7-29-20)23(28)17-4-5-19-22(11-17)31-14-24-19/h3-6,9-11,14H,7-8,12-13H2,1-2H3. The van der Waals surface area contributed by atoms with Crippen molar-refractivity contribution in [2.24, 2.45) is 7.05 Å². The summed E-state index contributed by atoms with van der Waals surface area (Å²) < 4.78 is 14.2. The van der Waals surface area contributed by atoms with Crippen molar-refractivity contribution in [2.75, 3.05) is 13.2 Å². The van der Waals surface area contributed by atoms with Crippen LogP contribution >= 0.6 is 11.3 Å². The Balaban J connectivity index is 1.46. The fourth-order valence-corrected chi connectivity index (χ4v) is 4.40. The SMILES string of the molecule is Cc1cc(CN(Cc2ccc3c(c2)OCCO3)C(=O)c2ccc3ncsc3c2)nn1C. The average molecular weight is 435 g/mol. The predicted octanol–water partition coefficient (Wildman–Crippen LogP) is 3.95. The number of fused-ring (bicyclic) bond motifs is 2. The van der Waals surface area contributed by atoms with Gasteiger partial charge in [0.1, 0.15) is 13.2 Å². The van der Waals surface area contributed by atoms with E-state index < -0.39 is 0 Å². The predicted molar refractivity (Wildman–Crippen MR) is 119 cm³/mol. The summed E-state index contributed by atoms with van der Waals surface area (Å²) in [5.74, 6) is 1.41. The van der Waals surface area contributed by atoms with Crippen LogP contribution in [0.25, 0.3) is 10.2 Å². The van der Waals surface area contributed by atoms with Crippen molar-refractivity contribution in [2.45, 2.75) is 20.0 Å². The van der Waals surface area contributed by atoms with Gasteiger partial charge in [0, 0.05) is 24.8 Å². The quantitative estimate of drug-likeness (QED) is 0.476. The molecule has 0 spiro atoms. The van der Waals surface area contributed by atoms with Gasteiger partial charge in [0.25, 0.3) is 5.91 Å². The highest BCUT2D eigenvalue weighted by Gasteiger charge is 2.20. The van der Waals surface area contributed by atoms with Gasteiger partial charge in [-0.3, -0.25) is 9.48 Å². The van der Waals surface area contributed by atoms with Crippen LogP contribution in [-0.4, -0.2) is 38.8 Å². The van der Waals surface area contributed by atoms with Crippen LogP contribution in [0.1, 0.15) is 27.3 Å². The van der Waals surface area contributed by atoms with Crippen LogP contribution in [0, 0.1) is 6.92 Å². The minimum absolute atomic E-state index is 0.0477. The van der Waals surface area contributed by atoms with E-state index in [0.29, 0.717) is 31.9 Å². The molecule has 1 aliphatic rings. The van der Waals surface area contributed by atoms with E-state index in [1.165, 1.54) is 11.3 Å². The second-order valence-electron chi connectivity index (χ2n) is 7.57. The van der Waals surface area contributed by atoms with E-state index in [0.717, 1.165) is 38.7 Å². The van der Waals surface area contributed by atoms with Gasteiger partial charge in [0.15, 0.2) is 11.5 Å². The molecule has 1 aliphatic heterocycles. The Morgan fingerprint density at radius 3 is 2.74 bits per heavy atom. The summed E-state index contributed by atoms with van der Waals surface area (Å²) in [5.41, 5.74) is 6.21. The summed E-state index contributed by atoms with van der Waals surface area (Å²) in [7, 11) is 1.91. The molecule has 4 aromatic rings. The van der Waals surface area contributed by atoms with Gasteiger partial charge in [0.05, 0.1) is 28.0 Å². The van der Waals surface area contributed by atoms with Crippen LogP contribution in [0.2, 0.25) is 0 Å². The zero-order valence-corrected chi connectivity index (χ0v) is 18.2. The number of hydrogen-bond donors (Lipinski definition) is 0. The Bertz CT molecular complexity index is 1240. The molecule has 0 radical (unpaired) electrons.